The molecular formula is C15H20N2O4. The fraction of sp³-hybridized carbons (Fsp3) is 0.467. The highest BCUT2D eigenvalue weighted by Gasteiger charge is 2.35. The lowest BCUT2D eigenvalue weighted by Crippen LogP contribution is -2.57. The minimum absolute atomic E-state index is 0.0307. The minimum Gasteiger partial charge on any atom is -0.468 e. The molecule has 6 heteroatoms. The molecule has 0 aliphatic carbocycles. The highest BCUT2D eigenvalue weighted by Crippen LogP contribution is 2.18. The normalized spacial score (nSPS) is 19.1. The summed E-state index contributed by atoms with van der Waals surface area (Å²) in [4.78, 5) is 27.0. The van der Waals surface area contributed by atoms with Gasteiger partial charge in [-0.1, -0.05) is 12.1 Å². The van der Waals surface area contributed by atoms with Crippen LogP contribution in [0.15, 0.2) is 24.3 Å². The number of rotatable bonds is 5. The molecule has 1 saturated heterocycles. The van der Waals surface area contributed by atoms with E-state index in [1.807, 2.05) is 24.3 Å². The maximum atomic E-state index is 12.2. The quantitative estimate of drug-likeness (QED) is 0.742. The molecule has 0 unspecified atom stereocenters. The molecule has 6 nitrogen and oxygen atoms in total. The van der Waals surface area contributed by atoms with Crippen LogP contribution in [-0.2, 0) is 20.7 Å². The molecule has 1 aromatic carbocycles. The molecule has 1 heterocycles. The topological polar surface area (TPSA) is 59.1 Å². The molecule has 0 saturated carbocycles. The van der Waals surface area contributed by atoms with Gasteiger partial charge in [-0.25, -0.2) is 0 Å². The fourth-order valence-corrected chi connectivity index (χ4v) is 2.28. The number of amides is 2. The number of benzene rings is 1. The molecule has 0 bridgehead atoms. The maximum Gasteiger partial charge on any atom is 0.245 e. The first kappa shape index (κ1) is 15.3. The average molecular weight is 292 g/mol. The SMILES string of the molecule is COCOc1ccc(C[C@H]2C(=O)N(C)CC(=O)N2C)cc1. The van der Waals surface area contributed by atoms with Crippen LogP contribution < -0.4 is 4.74 Å². The first-order valence-corrected chi connectivity index (χ1v) is 6.74. The Hall–Kier alpha value is -2.08. The number of carbonyl (C=O) groups is 2. The summed E-state index contributed by atoms with van der Waals surface area (Å²) < 4.78 is 10.1. The van der Waals surface area contributed by atoms with Gasteiger partial charge in [0, 0.05) is 27.6 Å². The van der Waals surface area contributed by atoms with Gasteiger partial charge in [-0.2, -0.15) is 0 Å². The van der Waals surface area contributed by atoms with E-state index >= 15 is 0 Å². The summed E-state index contributed by atoms with van der Waals surface area (Å²) in [6, 6.07) is 7.00. The highest BCUT2D eigenvalue weighted by atomic mass is 16.7. The van der Waals surface area contributed by atoms with Gasteiger partial charge in [0.15, 0.2) is 6.79 Å². The van der Waals surface area contributed by atoms with Crippen molar-refractivity contribution in [1.29, 1.82) is 0 Å². The summed E-state index contributed by atoms with van der Waals surface area (Å²) >= 11 is 0. The van der Waals surface area contributed by atoms with Crippen LogP contribution in [0.25, 0.3) is 0 Å². The lowest BCUT2D eigenvalue weighted by atomic mass is 10.0. The Morgan fingerprint density at radius 1 is 1.19 bits per heavy atom. The van der Waals surface area contributed by atoms with Crippen molar-refractivity contribution in [2.24, 2.45) is 0 Å². The summed E-state index contributed by atoms with van der Waals surface area (Å²) in [5.74, 6) is 0.635. The van der Waals surface area contributed by atoms with E-state index in [-0.39, 0.29) is 25.2 Å². The van der Waals surface area contributed by atoms with Crippen molar-refractivity contribution < 1.29 is 19.1 Å². The highest BCUT2D eigenvalue weighted by molar-refractivity contribution is 5.94. The van der Waals surface area contributed by atoms with Crippen molar-refractivity contribution in [3.8, 4) is 5.75 Å². The van der Waals surface area contributed by atoms with Crippen molar-refractivity contribution in [3.63, 3.8) is 0 Å². The lowest BCUT2D eigenvalue weighted by Gasteiger charge is -2.36. The van der Waals surface area contributed by atoms with Gasteiger partial charge in [-0.15, -0.1) is 0 Å². The number of piperazine rings is 1. The average Bonchev–Trinajstić information content (AvgIpc) is 2.49. The Labute approximate surface area is 124 Å². The maximum absolute atomic E-state index is 12.2. The summed E-state index contributed by atoms with van der Waals surface area (Å²) in [6.07, 6.45) is 0.496. The number of carbonyl (C=O) groups excluding carboxylic acids is 2. The molecule has 0 radical (unpaired) electrons. The number of likely N-dealkylation sites (N-methyl/N-ethyl adjacent to an activating group) is 2. The summed E-state index contributed by atoms with van der Waals surface area (Å²) in [5.41, 5.74) is 0.980. The molecular weight excluding hydrogens is 272 g/mol. The van der Waals surface area contributed by atoms with Crippen molar-refractivity contribution in [3.05, 3.63) is 29.8 Å². The van der Waals surface area contributed by atoms with Crippen LogP contribution in [0.1, 0.15) is 5.56 Å². The monoisotopic (exact) mass is 292 g/mol. The van der Waals surface area contributed by atoms with Gasteiger partial charge >= 0.3 is 0 Å². The van der Waals surface area contributed by atoms with E-state index in [1.54, 1.807) is 21.2 Å². The zero-order valence-corrected chi connectivity index (χ0v) is 12.5. The van der Waals surface area contributed by atoms with Gasteiger partial charge in [0.2, 0.25) is 11.8 Å². The predicted molar refractivity (Wildman–Crippen MR) is 76.8 cm³/mol. The van der Waals surface area contributed by atoms with E-state index in [4.69, 9.17) is 9.47 Å². The molecule has 2 amide bonds. The number of hydrogen-bond acceptors (Lipinski definition) is 4. The third-order valence-electron chi connectivity index (χ3n) is 3.59. The van der Waals surface area contributed by atoms with Gasteiger partial charge in [-0.3, -0.25) is 9.59 Å². The van der Waals surface area contributed by atoms with E-state index in [1.165, 1.54) is 9.80 Å². The van der Waals surface area contributed by atoms with Crippen molar-refractivity contribution in [1.82, 2.24) is 9.80 Å². The summed E-state index contributed by atoms with van der Waals surface area (Å²) in [5, 5.41) is 0. The predicted octanol–water partition coefficient (Wildman–Crippen LogP) is 0.511. The molecule has 21 heavy (non-hydrogen) atoms. The smallest absolute Gasteiger partial charge is 0.245 e. The zero-order chi connectivity index (χ0) is 15.4. The Morgan fingerprint density at radius 3 is 2.48 bits per heavy atom. The summed E-state index contributed by atoms with van der Waals surface area (Å²) in [7, 11) is 4.89. The van der Waals surface area contributed by atoms with Gasteiger partial charge in [0.1, 0.15) is 11.8 Å². The standard InChI is InChI=1S/C15H20N2O4/c1-16-9-14(18)17(2)13(15(16)19)8-11-4-6-12(7-5-11)21-10-20-3/h4-7,13H,8-10H2,1-3H3/t13-/m0/s1. The third kappa shape index (κ3) is 3.52. The van der Waals surface area contributed by atoms with E-state index in [0.29, 0.717) is 12.2 Å². The Balaban J connectivity index is 2.05. The second-order valence-corrected chi connectivity index (χ2v) is 5.11. The van der Waals surface area contributed by atoms with Gasteiger partial charge in [0.05, 0.1) is 6.54 Å². The molecule has 1 atom stereocenters. The number of hydrogen-bond donors (Lipinski definition) is 0. The molecule has 1 aliphatic heterocycles. The molecule has 0 N–H and O–H groups in total. The molecule has 0 aromatic heterocycles. The van der Waals surface area contributed by atoms with E-state index in [9.17, 15) is 9.59 Å². The van der Waals surface area contributed by atoms with Crippen molar-refractivity contribution in [2.45, 2.75) is 12.5 Å². The van der Waals surface area contributed by atoms with Crippen LogP contribution in [0.5, 0.6) is 5.75 Å². The van der Waals surface area contributed by atoms with Gasteiger partial charge in [-0.05, 0) is 17.7 Å². The minimum atomic E-state index is -0.443. The number of nitrogens with zero attached hydrogens (tertiary/aromatic N) is 2. The number of ether oxygens (including phenoxy) is 2. The van der Waals surface area contributed by atoms with Crippen LogP contribution in [-0.4, -0.2) is 62.2 Å². The molecule has 0 spiro atoms. The Kier molecular flexibility index (Phi) is 4.80. The van der Waals surface area contributed by atoms with Gasteiger partial charge < -0.3 is 19.3 Å². The Bertz CT molecular complexity index is 515. The van der Waals surface area contributed by atoms with Crippen LogP contribution >= 0.6 is 0 Å². The Morgan fingerprint density at radius 2 is 1.86 bits per heavy atom. The molecule has 1 aliphatic rings. The van der Waals surface area contributed by atoms with Crippen molar-refractivity contribution >= 4 is 11.8 Å². The fourth-order valence-electron chi connectivity index (χ4n) is 2.28. The number of methoxy groups -OCH3 is 1. The second-order valence-electron chi connectivity index (χ2n) is 5.11. The van der Waals surface area contributed by atoms with Crippen molar-refractivity contribution in [2.75, 3.05) is 34.5 Å². The van der Waals surface area contributed by atoms with E-state index in [2.05, 4.69) is 0 Å². The first-order valence-electron chi connectivity index (χ1n) is 6.74. The first-order chi connectivity index (χ1) is 10.0. The van der Waals surface area contributed by atoms with Crippen LogP contribution in [0.4, 0.5) is 0 Å². The third-order valence-corrected chi connectivity index (χ3v) is 3.59. The lowest BCUT2D eigenvalue weighted by molar-refractivity contribution is -0.152. The molecule has 1 aromatic rings. The van der Waals surface area contributed by atoms with Crippen LogP contribution in [0.2, 0.25) is 0 Å². The molecule has 114 valence electrons. The van der Waals surface area contributed by atoms with E-state index < -0.39 is 6.04 Å². The van der Waals surface area contributed by atoms with Gasteiger partial charge in [0.25, 0.3) is 0 Å². The second kappa shape index (κ2) is 6.58. The molecule has 1 fully saturated rings. The summed E-state index contributed by atoms with van der Waals surface area (Å²) in [6.45, 7) is 0.345. The van der Waals surface area contributed by atoms with E-state index in [0.717, 1.165) is 5.56 Å². The van der Waals surface area contributed by atoms with Crippen LogP contribution in [0, 0.1) is 0 Å². The zero-order valence-electron chi connectivity index (χ0n) is 12.5. The van der Waals surface area contributed by atoms with Crippen LogP contribution in [0.3, 0.4) is 0 Å². The largest absolute Gasteiger partial charge is 0.468 e. The molecule has 2 rings (SSSR count).